The molecule has 0 unspecified atom stereocenters. The van der Waals surface area contributed by atoms with Crippen LogP contribution < -0.4 is 0 Å². The molecule has 0 bridgehead atoms. The molecule has 1 heterocycles. The van der Waals surface area contributed by atoms with Crippen molar-refractivity contribution >= 4 is 31.5 Å². The second-order valence-electron chi connectivity index (χ2n) is 4.26. The summed E-state index contributed by atoms with van der Waals surface area (Å²) in [6, 6.07) is -4.74. The molecule has 0 aliphatic carbocycles. The van der Waals surface area contributed by atoms with Gasteiger partial charge in [0.2, 0.25) is 0 Å². The molecule has 0 spiro atoms. The molecular weight excluding hydrogens is 260 g/mol. The van der Waals surface area contributed by atoms with Crippen LogP contribution in [0.2, 0.25) is 0 Å². The summed E-state index contributed by atoms with van der Waals surface area (Å²) in [5, 5.41) is 0.353. The quantitative estimate of drug-likeness (QED) is 0.400. The molecule has 4 aromatic rings. The summed E-state index contributed by atoms with van der Waals surface area (Å²) in [6.45, 7) is 1.61. The molecule has 0 amide bonds. The number of fused-ring (bicyclic) bond motifs is 3. The predicted molar refractivity (Wildman–Crippen MR) is 89.5 cm³/mol. The first-order valence-corrected chi connectivity index (χ1v) is 6.72. The average Bonchev–Trinajstić information content (AvgIpc) is 3.15. The van der Waals surface area contributed by atoms with Gasteiger partial charge in [-0.15, -0.1) is 11.3 Å². The number of hydrogen-bond donors (Lipinski definition) is 0. The van der Waals surface area contributed by atoms with Crippen molar-refractivity contribution in [3.05, 3.63) is 72.0 Å². The fourth-order valence-electron chi connectivity index (χ4n) is 2.04. The second-order valence-corrected chi connectivity index (χ2v) is 5.28. The smallest absolute Gasteiger partial charge is 0.0644 e. The van der Waals surface area contributed by atoms with Crippen LogP contribution in [-0.2, 0) is 0 Å². The van der Waals surface area contributed by atoms with Crippen molar-refractivity contribution in [1.29, 1.82) is 0 Å². The first kappa shape index (κ1) is 5.01. The van der Waals surface area contributed by atoms with Gasteiger partial charge in [0.05, 0.1) is 15.1 Å². The van der Waals surface area contributed by atoms with Crippen LogP contribution in [0, 0.1) is 6.92 Å². The Morgan fingerprint density at radius 1 is 0.800 bits per heavy atom. The summed E-state index contributed by atoms with van der Waals surface area (Å²) >= 11 is 1.04. The average molecular weight is 285 g/mol. The topological polar surface area (TPSA) is 0 Å². The molecule has 0 nitrogen and oxygen atoms in total. The van der Waals surface area contributed by atoms with Crippen molar-refractivity contribution in [2.45, 2.75) is 6.92 Å². The van der Waals surface area contributed by atoms with E-state index in [1.807, 2.05) is 0 Å². The van der Waals surface area contributed by atoms with Gasteiger partial charge in [-0.3, -0.25) is 0 Å². The molecule has 0 aliphatic heterocycles. The molecule has 0 atom stereocenters. The Hall–Kier alpha value is -2.12. The largest absolute Gasteiger partial charge is 0.135 e. The lowest BCUT2D eigenvalue weighted by atomic mass is 10.0. The van der Waals surface area contributed by atoms with E-state index in [0.29, 0.717) is 10.3 Å². The van der Waals surface area contributed by atoms with Crippen LogP contribution in [0.5, 0.6) is 0 Å². The van der Waals surface area contributed by atoms with Crippen LogP contribution in [0.15, 0.2) is 66.5 Å². The van der Waals surface area contributed by atoms with E-state index in [1.165, 1.54) is 0 Å². The number of thiophene rings is 1. The van der Waals surface area contributed by atoms with E-state index in [-0.39, 0.29) is 56.8 Å². The number of aryl methyl sites for hydroxylation is 1. The van der Waals surface area contributed by atoms with Crippen molar-refractivity contribution in [3.8, 4) is 11.1 Å². The van der Waals surface area contributed by atoms with E-state index in [2.05, 4.69) is 0 Å². The Morgan fingerprint density at radius 3 is 2.50 bits per heavy atom. The maximum atomic E-state index is 8.70. The molecule has 0 aliphatic rings. The zero-order valence-electron chi connectivity index (χ0n) is 21.4. The summed E-state index contributed by atoms with van der Waals surface area (Å²) in [7, 11) is 0. The third kappa shape index (κ3) is 1.75. The van der Waals surface area contributed by atoms with Crippen molar-refractivity contribution in [3.63, 3.8) is 0 Å². The molecule has 4 rings (SSSR count). The van der Waals surface area contributed by atoms with E-state index in [9.17, 15) is 0 Å². The highest BCUT2D eigenvalue weighted by atomic mass is 32.1. The van der Waals surface area contributed by atoms with Gasteiger partial charge in [-0.1, -0.05) is 60.4 Å². The van der Waals surface area contributed by atoms with Crippen LogP contribution in [-0.4, -0.2) is 0 Å². The minimum absolute atomic E-state index is 0.126. The van der Waals surface area contributed by atoms with Gasteiger partial charge in [0.25, 0.3) is 0 Å². The highest BCUT2D eigenvalue weighted by molar-refractivity contribution is 7.26. The Kier molecular flexibility index (Phi) is 1.12. The molecule has 1 aromatic heterocycles. The first-order valence-electron chi connectivity index (χ1n) is 11.4. The molecule has 3 aromatic carbocycles. The van der Waals surface area contributed by atoms with Gasteiger partial charge >= 0.3 is 0 Å². The van der Waals surface area contributed by atoms with Crippen molar-refractivity contribution in [2.75, 3.05) is 0 Å². The van der Waals surface area contributed by atoms with E-state index in [4.69, 9.17) is 15.1 Å². The van der Waals surface area contributed by atoms with Crippen LogP contribution in [0.4, 0.5) is 0 Å². The van der Waals surface area contributed by atoms with E-state index in [1.54, 1.807) is 6.92 Å². The lowest BCUT2D eigenvalue weighted by Gasteiger charge is -2.01. The molecule has 0 radical (unpaired) electrons. The summed E-state index contributed by atoms with van der Waals surface area (Å²) in [5.74, 6) is 0. The second kappa shape index (κ2) is 4.46. The monoisotopic (exact) mass is 285 g/mol. The summed E-state index contributed by atoms with van der Waals surface area (Å²) in [5.41, 5.74) is -0.145. The molecule has 0 saturated carbocycles. The van der Waals surface area contributed by atoms with Crippen LogP contribution in [0.1, 0.15) is 20.6 Å². The van der Waals surface area contributed by atoms with Gasteiger partial charge in [-0.2, -0.15) is 0 Å². The van der Waals surface area contributed by atoms with Crippen LogP contribution in [0.25, 0.3) is 31.3 Å². The first-order chi connectivity index (χ1) is 14.4. The van der Waals surface area contributed by atoms with Gasteiger partial charge in [0.1, 0.15) is 0 Å². The van der Waals surface area contributed by atoms with Crippen molar-refractivity contribution < 1.29 is 15.1 Å². The maximum Gasteiger partial charge on any atom is 0.0644 e. The molecule has 96 valence electrons. The Balaban J connectivity index is 2.27. The Bertz CT molecular complexity index is 1420. The van der Waals surface area contributed by atoms with E-state index >= 15 is 0 Å². The molecular formula is C19H14S. The maximum absolute atomic E-state index is 8.70. The van der Waals surface area contributed by atoms with Gasteiger partial charge in [0, 0.05) is 20.2 Å². The van der Waals surface area contributed by atoms with Gasteiger partial charge in [0.15, 0.2) is 0 Å². The minimum atomic E-state index is -0.597. The molecule has 0 fully saturated rings. The zero-order valence-corrected chi connectivity index (χ0v) is 11.2. The number of benzene rings is 3. The lowest BCUT2D eigenvalue weighted by Crippen LogP contribution is -1.76. The van der Waals surface area contributed by atoms with Crippen LogP contribution >= 0.6 is 11.3 Å². The fourth-order valence-corrected chi connectivity index (χ4v) is 3.11. The highest BCUT2D eigenvalue weighted by Gasteiger charge is 2.07. The number of hydrogen-bond acceptors (Lipinski definition) is 1. The van der Waals surface area contributed by atoms with Gasteiger partial charge in [-0.05, 0) is 29.7 Å². The van der Waals surface area contributed by atoms with E-state index < -0.39 is 36.3 Å². The predicted octanol–water partition coefficient (Wildman–Crippen LogP) is 6.03. The van der Waals surface area contributed by atoms with Gasteiger partial charge in [-0.25, -0.2) is 0 Å². The lowest BCUT2D eigenvalue weighted by molar-refractivity contribution is 1.56. The summed E-state index contributed by atoms with van der Waals surface area (Å²) in [6.07, 6.45) is 0. The molecule has 20 heavy (non-hydrogen) atoms. The standard InChI is InChI=1S/C19H14S/c1-13-6-5-9-17-16-11-10-15(12-18(16)20-19(13)17)14-7-3-2-4-8-14/h2-12H,1H3/i2D,3D,4D,5D,6D,7D,8D,9D,10D,11D,12D. The van der Waals surface area contributed by atoms with Crippen molar-refractivity contribution in [2.24, 2.45) is 0 Å². The SMILES string of the molecule is [2H]c1c([2H])c([2H])c(-c2c([2H])c([2H])c3c(sc4c(C)c([2H])c([2H])c([2H])c43)c2[2H])c([2H])c1[2H]. The van der Waals surface area contributed by atoms with Gasteiger partial charge < -0.3 is 0 Å². The van der Waals surface area contributed by atoms with E-state index in [0.717, 1.165) is 11.3 Å². The Labute approximate surface area is 137 Å². The fraction of sp³-hybridized carbons (Fsp3) is 0.0526. The summed E-state index contributed by atoms with van der Waals surface area (Å²) < 4.78 is 90.7. The third-order valence-corrected chi connectivity index (χ3v) is 4.21. The van der Waals surface area contributed by atoms with Crippen molar-refractivity contribution in [1.82, 2.24) is 0 Å². The zero-order chi connectivity index (χ0) is 23.1. The number of rotatable bonds is 1. The highest BCUT2D eigenvalue weighted by Crippen LogP contribution is 2.37. The summed E-state index contributed by atoms with van der Waals surface area (Å²) in [4.78, 5) is 0. The molecule has 1 heteroatoms. The molecule has 0 N–H and O–H groups in total. The Morgan fingerprint density at radius 2 is 1.65 bits per heavy atom. The third-order valence-electron chi connectivity index (χ3n) is 2.99. The normalized spacial score (nSPS) is 18.9. The van der Waals surface area contributed by atoms with Crippen LogP contribution in [0.3, 0.4) is 0 Å². The minimum Gasteiger partial charge on any atom is -0.135 e. The molecule has 0 saturated heterocycles.